The highest BCUT2D eigenvalue weighted by Crippen LogP contribution is 2.22. The third kappa shape index (κ3) is 4.31. The first kappa shape index (κ1) is 14.0. The van der Waals surface area contributed by atoms with Crippen LogP contribution in [0.1, 0.15) is 38.1 Å². The van der Waals surface area contributed by atoms with Gasteiger partial charge in [-0.15, -0.1) is 11.3 Å². The monoisotopic (exact) mass is 276 g/mol. The van der Waals surface area contributed by atoms with E-state index in [1.807, 2.05) is 32.0 Å². The number of benzene rings is 1. The Hall–Kier alpha value is -1.42. The number of amides is 1. The molecule has 0 atom stereocenters. The molecule has 1 N–H and O–H groups in total. The lowest BCUT2D eigenvalue weighted by Crippen LogP contribution is -2.29. The Balaban J connectivity index is 1.75. The van der Waals surface area contributed by atoms with Gasteiger partial charge >= 0.3 is 0 Å². The summed E-state index contributed by atoms with van der Waals surface area (Å²) in [6.07, 6.45) is 3.52. The van der Waals surface area contributed by atoms with E-state index >= 15 is 0 Å². The number of hydrogen-bond donors (Lipinski definition) is 1. The molecule has 0 radical (unpaired) electrons. The molecule has 0 unspecified atom stereocenters. The van der Waals surface area contributed by atoms with Gasteiger partial charge < -0.3 is 5.32 Å². The van der Waals surface area contributed by atoms with Crippen molar-refractivity contribution in [3.63, 3.8) is 0 Å². The average Bonchev–Trinajstić information content (AvgIpc) is 2.76. The first-order chi connectivity index (χ1) is 9.15. The zero-order chi connectivity index (χ0) is 13.7. The fourth-order valence-corrected chi connectivity index (χ4v) is 2.99. The summed E-state index contributed by atoms with van der Waals surface area (Å²) in [5.41, 5.74) is 1.08. The molecular weight excluding hydrogens is 256 g/mol. The molecule has 0 bridgehead atoms. The van der Waals surface area contributed by atoms with E-state index in [2.05, 4.69) is 16.4 Å². The smallest absolute Gasteiger partial charge is 0.220 e. The van der Waals surface area contributed by atoms with Gasteiger partial charge in [-0.1, -0.05) is 12.1 Å². The summed E-state index contributed by atoms with van der Waals surface area (Å²) in [4.78, 5) is 16.1. The number of carbonyl (C=O) groups is 1. The molecule has 0 saturated carbocycles. The Morgan fingerprint density at radius 2 is 2.11 bits per heavy atom. The van der Waals surface area contributed by atoms with Crippen molar-refractivity contribution in [1.29, 1.82) is 0 Å². The van der Waals surface area contributed by atoms with Crippen LogP contribution in [0.2, 0.25) is 0 Å². The van der Waals surface area contributed by atoms with Crippen molar-refractivity contribution in [2.45, 2.75) is 45.6 Å². The largest absolute Gasteiger partial charge is 0.354 e. The fraction of sp³-hybridized carbons (Fsp3) is 0.467. The molecule has 2 aromatic rings. The average molecular weight is 276 g/mol. The van der Waals surface area contributed by atoms with Gasteiger partial charge in [0, 0.05) is 12.5 Å². The number of aryl methyl sites for hydroxylation is 1. The zero-order valence-electron chi connectivity index (χ0n) is 11.5. The maximum Gasteiger partial charge on any atom is 0.220 e. The minimum atomic E-state index is 0.152. The van der Waals surface area contributed by atoms with Crippen LogP contribution in [0, 0.1) is 0 Å². The van der Waals surface area contributed by atoms with Crippen molar-refractivity contribution in [3.05, 3.63) is 29.3 Å². The van der Waals surface area contributed by atoms with Crippen LogP contribution >= 0.6 is 11.3 Å². The third-order valence-electron chi connectivity index (χ3n) is 2.83. The standard InChI is InChI=1S/C15H20N2OS/c1-11(2)16-14(18)9-5-6-10-15-17-12-7-3-4-8-13(12)19-15/h3-4,7-8,11H,5-6,9-10H2,1-2H3,(H,16,18). The van der Waals surface area contributed by atoms with Crippen LogP contribution in [0.25, 0.3) is 10.2 Å². The number of nitrogens with zero attached hydrogens (tertiary/aromatic N) is 1. The van der Waals surface area contributed by atoms with Gasteiger partial charge in [-0.2, -0.15) is 0 Å². The zero-order valence-corrected chi connectivity index (χ0v) is 12.3. The second kappa shape index (κ2) is 6.66. The summed E-state index contributed by atoms with van der Waals surface area (Å²) in [5.74, 6) is 0.152. The molecular formula is C15H20N2OS. The Bertz CT molecular complexity index is 515. The number of para-hydroxylation sites is 1. The number of rotatable bonds is 6. The van der Waals surface area contributed by atoms with Gasteiger partial charge in [0.15, 0.2) is 0 Å². The normalized spacial score (nSPS) is 11.1. The number of unbranched alkanes of at least 4 members (excludes halogenated alkanes) is 1. The van der Waals surface area contributed by atoms with E-state index in [0.717, 1.165) is 24.8 Å². The molecule has 1 heterocycles. The van der Waals surface area contributed by atoms with Crippen molar-refractivity contribution >= 4 is 27.5 Å². The summed E-state index contributed by atoms with van der Waals surface area (Å²) in [7, 11) is 0. The summed E-state index contributed by atoms with van der Waals surface area (Å²) in [6.45, 7) is 3.97. The number of carbonyl (C=O) groups excluding carboxylic acids is 1. The highest BCUT2D eigenvalue weighted by atomic mass is 32.1. The van der Waals surface area contributed by atoms with E-state index in [1.165, 1.54) is 9.71 Å². The lowest BCUT2D eigenvalue weighted by atomic mass is 10.2. The van der Waals surface area contributed by atoms with Gasteiger partial charge in [0.1, 0.15) is 0 Å². The Morgan fingerprint density at radius 1 is 1.32 bits per heavy atom. The lowest BCUT2D eigenvalue weighted by Gasteiger charge is -2.07. The maximum atomic E-state index is 11.5. The van der Waals surface area contributed by atoms with E-state index in [-0.39, 0.29) is 11.9 Å². The lowest BCUT2D eigenvalue weighted by molar-refractivity contribution is -0.121. The van der Waals surface area contributed by atoms with Crippen LogP contribution in [0.5, 0.6) is 0 Å². The molecule has 4 heteroatoms. The molecule has 0 fully saturated rings. The van der Waals surface area contributed by atoms with Crippen LogP contribution in [-0.4, -0.2) is 16.9 Å². The van der Waals surface area contributed by atoms with E-state index < -0.39 is 0 Å². The first-order valence-corrected chi connectivity index (χ1v) is 7.60. The van der Waals surface area contributed by atoms with Crippen molar-refractivity contribution < 1.29 is 4.79 Å². The van der Waals surface area contributed by atoms with Crippen LogP contribution < -0.4 is 5.32 Å². The number of aromatic nitrogens is 1. The third-order valence-corrected chi connectivity index (χ3v) is 3.93. The molecule has 1 aromatic heterocycles. The van der Waals surface area contributed by atoms with E-state index in [9.17, 15) is 4.79 Å². The summed E-state index contributed by atoms with van der Waals surface area (Å²) in [6, 6.07) is 8.44. The topological polar surface area (TPSA) is 42.0 Å². The number of hydrogen-bond acceptors (Lipinski definition) is 3. The molecule has 102 valence electrons. The van der Waals surface area contributed by atoms with Gasteiger partial charge in [0.05, 0.1) is 15.2 Å². The second-order valence-electron chi connectivity index (χ2n) is 5.00. The molecule has 0 spiro atoms. The molecule has 19 heavy (non-hydrogen) atoms. The summed E-state index contributed by atoms with van der Waals surface area (Å²) < 4.78 is 1.25. The molecule has 2 rings (SSSR count). The highest BCUT2D eigenvalue weighted by molar-refractivity contribution is 7.18. The second-order valence-corrected chi connectivity index (χ2v) is 6.12. The van der Waals surface area contributed by atoms with Gasteiger partial charge in [-0.3, -0.25) is 4.79 Å². The van der Waals surface area contributed by atoms with Crippen LogP contribution in [0.4, 0.5) is 0 Å². The molecule has 1 amide bonds. The molecule has 1 aromatic carbocycles. The fourth-order valence-electron chi connectivity index (χ4n) is 1.98. The van der Waals surface area contributed by atoms with Crippen molar-refractivity contribution in [1.82, 2.24) is 10.3 Å². The Labute approximate surface area is 118 Å². The minimum absolute atomic E-state index is 0.152. The number of thiazole rings is 1. The summed E-state index contributed by atoms with van der Waals surface area (Å²) >= 11 is 1.76. The maximum absolute atomic E-state index is 11.5. The van der Waals surface area contributed by atoms with E-state index in [4.69, 9.17) is 0 Å². The van der Waals surface area contributed by atoms with E-state index in [0.29, 0.717) is 6.42 Å². The van der Waals surface area contributed by atoms with Crippen molar-refractivity contribution in [2.24, 2.45) is 0 Å². The number of nitrogens with one attached hydrogen (secondary N) is 1. The van der Waals surface area contributed by atoms with Gasteiger partial charge in [0.25, 0.3) is 0 Å². The predicted molar refractivity (Wildman–Crippen MR) is 80.5 cm³/mol. The Morgan fingerprint density at radius 3 is 2.84 bits per heavy atom. The quantitative estimate of drug-likeness (QED) is 0.820. The van der Waals surface area contributed by atoms with Crippen LogP contribution in [0.15, 0.2) is 24.3 Å². The van der Waals surface area contributed by atoms with Crippen LogP contribution in [-0.2, 0) is 11.2 Å². The van der Waals surface area contributed by atoms with Crippen LogP contribution in [0.3, 0.4) is 0 Å². The molecule has 0 aliphatic rings. The molecule has 0 aliphatic carbocycles. The van der Waals surface area contributed by atoms with Crippen molar-refractivity contribution in [2.75, 3.05) is 0 Å². The number of fused-ring (bicyclic) bond motifs is 1. The highest BCUT2D eigenvalue weighted by Gasteiger charge is 2.05. The SMILES string of the molecule is CC(C)NC(=O)CCCCc1nc2ccccc2s1. The minimum Gasteiger partial charge on any atom is -0.354 e. The molecule has 0 saturated heterocycles. The molecule has 3 nitrogen and oxygen atoms in total. The van der Waals surface area contributed by atoms with Gasteiger partial charge in [-0.25, -0.2) is 4.98 Å². The van der Waals surface area contributed by atoms with Gasteiger partial charge in [-0.05, 0) is 45.2 Å². The predicted octanol–water partition coefficient (Wildman–Crippen LogP) is 3.53. The summed E-state index contributed by atoms with van der Waals surface area (Å²) in [5, 5.41) is 4.08. The van der Waals surface area contributed by atoms with E-state index in [1.54, 1.807) is 11.3 Å². The van der Waals surface area contributed by atoms with Crippen molar-refractivity contribution in [3.8, 4) is 0 Å². The van der Waals surface area contributed by atoms with Gasteiger partial charge in [0.2, 0.25) is 5.91 Å². The molecule has 0 aliphatic heterocycles. The first-order valence-electron chi connectivity index (χ1n) is 6.79. The Kier molecular flexibility index (Phi) is 4.91.